The molecule has 2 aromatic rings. The molecule has 3 fully saturated rings. The number of likely N-dealkylation sites (N-methyl/N-ethyl adjacent to an activating group) is 1. The molecule has 2 aliphatic carbocycles. The van der Waals surface area contributed by atoms with Crippen LogP contribution in [0.25, 0.3) is 0 Å². The molecule has 2 atom stereocenters. The van der Waals surface area contributed by atoms with Gasteiger partial charge in [-0.15, -0.1) is 0 Å². The highest BCUT2D eigenvalue weighted by Crippen LogP contribution is 2.52. The van der Waals surface area contributed by atoms with Gasteiger partial charge in [0.1, 0.15) is 23.8 Å². The molecule has 5 rings (SSSR count). The lowest BCUT2D eigenvalue weighted by Crippen LogP contribution is -2.58. The van der Waals surface area contributed by atoms with Gasteiger partial charge in [0.15, 0.2) is 0 Å². The standard InChI is InChI=1S/C20H29FN4O2.C15H23N3O2/c1-4-17(26)23-18(19(27)25-11-9-24(3)10-12-25)20(7-8-20)14-5-6-16(22-2)15(21)13-14;1-3-18-14(8-9-16-18)15(20)17-13(10-19)12-6-4-11(2)5-7-12/h5-6,13,18,22H,4,7-12H2,1-3H3,(H,23,26);8-13H,3-7H2,1-2H3,(H,17,20). The highest BCUT2D eigenvalue weighted by atomic mass is 19.1. The zero-order valence-electron chi connectivity index (χ0n) is 28.6. The Morgan fingerprint density at radius 3 is 2.28 bits per heavy atom. The number of rotatable bonds is 11. The highest BCUT2D eigenvalue weighted by molar-refractivity contribution is 5.94. The Balaban J connectivity index is 0.000000223. The fourth-order valence-corrected chi connectivity index (χ4v) is 6.73. The second-order valence-corrected chi connectivity index (χ2v) is 13.3. The maximum atomic E-state index is 14.3. The summed E-state index contributed by atoms with van der Waals surface area (Å²) in [6, 6.07) is 5.72. The van der Waals surface area contributed by atoms with Gasteiger partial charge < -0.3 is 30.5 Å². The van der Waals surface area contributed by atoms with Crippen LogP contribution in [-0.2, 0) is 26.3 Å². The molecule has 47 heavy (non-hydrogen) atoms. The molecule has 2 heterocycles. The Bertz CT molecular complexity index is 1380. The molecule has 12 heteroatoms. The number of benzene rings is 1. The van der Waals surface area contributed by atoms with Crippen molar-refractivity contribution in [3.05, 3.63) is 47.5 Å². The Labute approximate surface area is 278 Å². The molecular formula is C35H52FN7O4. The van der Waals surface area contributed by atoms with Gasteiger partial charge >= 0.3 is 0 Å². The van der Waals surface area contributed by atoms with Crippen molar-refractivity contribution in [3.8, 4) is 0 Å². The summed E-state index contributed by atoms with van der Waals surface area (Å²) in [5, 5.41) is 12.7. The second-order valence-electron chi connectivity index (χ2n) is 13.3. The van der Waals surface area contributed by atoms with Gasteiger partial charge in [-0.25, -0.2) is 4.39 Å². The van der Waals surface area contributed by atoms with Gasteiger partial charge in [0.2, 0.25) is 11.8 Å². The molecule has 3 N–H and O–H groups in total. The number of nitrogens with zero attached hydrogens (tertiary/aromatic N) is 4. The fourth-order valence-electron chi connectivity index (χ4n) is 6.73. The van der Waals surface area contributed by atoms with E-state index >= 15 is 0 Å². The number of aryl methyl sites for hydroxylation is 1. The summed E-state index contributed by atoms with van der Waals surface area (Å²) in [6.07, 6.45) is 8.63. The van der Waals surface area contributed by atoms with Crippen molar-refractivity contribution in [3.63, 3.8) is 0 Å². The molecule has 0 spiro atoms. The molecule has 3 amide bonds. The molecule has 0 bridgehead atoms. The van der Waals surface area contributed by atoms with Crippen LogP contribution in [0.15, 0.2) is 30.5 Å². The van der Waals surface area contributed by atoms with Crippen LogP contribution >= 0.6 is 0 Å². The number of carbonyl (C=O) groups is 4. The van der Waals surface area contributed by atoms with Crippen molar-refractivity contribution < 1.29 is 23.6 Å². The molecule has 3 aliphatic rings. The summed E-state index contributed by atoms with van der Waals surface area (Å²) in [5.74, 6) is 0.247. The zero-order chi connectivity index (χ0) is 34.1. The third kappa shape index (κ3) is 8.77. The van der Waals surface area contributed by atoms with Crippen molar-refractivity contribution in [1.29, 1.82) is 0 Å². The molecule has 2 saturated carbocycles. The van der Waals surface area contributed by atoms with Gasteiger partial charge in [0.25, 0.3) is 5.91 Å². The summed E-state index contributed by atoms with van der Waals surface area (Å²) < 4.78 is 16.0. The number of carbonyl (C=O) groups excluding carboxylic acids is 4. The van der Waals surface area contributed by atoms with Gasteiger partial charge in [-0.2, -0.15) is 5.10 Å². The molecule has 1 aromatic heterocycles. The fraction of sp³-hybridized carbons (Fsp3) is 0.629. The third-order valence-electron chi connectivity index (χ3n) is 10.1. The van der Waals surface area contributed by atoms with E-state index in [1.165, 1.54) is 6.07 Å². The first-order valence-corrected chi connectivity index (χ1v) is 17.1. The number of nitrogens with one attached hydrogen (secondary N) is 3. The molecule has 1 aliphatic heterocycles. The van der Waals surface area contributed by atoms with E-state index in [4.69, 9.17) is 0 Å². The van der Waals surface area contributed by atoms with Crippen LogP contribution < -0.4 is 16.0 Å². The molecule has 1 saturated heterocycles. The second kappa shape index (κ2) is 16.3. The first kappa shape index (κ1) is 36.0. The maximum absolute atomic E-state index is 14.3. The van der Waals surface area contributed by atoms with Crippen LogP contribution in [0.4, 0.5) is 10.1 Å². The molecule has 2 unspecified atom stereocenters. The SMILES string of the molecule is CCC(=O)NC(C(=O)N1CCN(C)CC1)C1(c2ccc(NC)c(F)c2)CC1.CCn1nccc1C(=O)NC(C=O)C1CCC(C)CC1. The van der Waals surface area contributed by atoms with E-state index in [-0.39, 0.29) is 35.5 Å². The topological polar surface area (TPSA) is 129 Å². The number of aldehydes is 1. The smallest absolute Gasteiger partial charge is 0.270 e. The number of halogens is 1. The Hall–Kier alpha value is -3.80. The van der Waals surface area contributed by atoms with E-state index in [0.717, 1.165) is 69.4 Å². The van der Waals surface area contributed by atoms with Gasteiger partial charge in [0, 0.05) is 57.8 Å². The van der Waals surface area contributed by atoms with Crippen LogP contribution in [0, 0.1) is 17.7 Å². The Morgan fingerprint density at radius 2 is 1.72 bits per heavy atom. The predicted octanol–water partition coefficient (Wildman–Crippen LogP) is 3.59. The molecule has 1 aromatic carbocycles. The van der Waals surface area contributed by atoms with Crippen LogP contribution in [0.3, 0.4) is 0 Å². The van der Waals surface area contributed by atoms with E-state index in [1.807, 2.05) is 24.9 Å². The third-order valence-corrected chi connectivity index (χ3v) is 10.1. The number of aromatic nitrogens is 2. The quantitative estimate of drug-likeness (QED) is 0.316. The summed E-state index contributed by atoms with van der Waals surface area (Å²) in [5.41, 5.74) is 1.21. The van der Waals surface area contributed by atoms with E-state index < -0.39 is 11.5 Å². The highest BCUT2D eigenvalue weighted by Gasteiger charge is 2.55. The monoisotopic (exact) mass is 653 g/mol. The van der Waals surface area contributed by atoms with Crippen LogP contribution in [0.1, 0.15) is 81.8 Å². The first-order chi connectivity index (χ1) is 22.6. The minimum Gasteiger partial charge on any atom is -0.386 e. The summed E-state index contributed by atoms with van der Waals surface area (Å²) in [4.78, 5) is 53.0. The Kier molecular flexibility index (Phi) is 12.5. The number of hydrogen-bond acceptors (Lipinski definition) is 7. The maximum Gasteiger partial charge on any atom is 0.270 e. The van der Waals surface area contributed by atoms with Gasteiger partial charge in [-0.1, -0.05) is 32.8 Å². The van der Waals surface area contributed by atoms with E-state index in [0.29, 0.717) is 37.4 Å². The van der Waals surface area contributed by atoms with Crippen molar-refractivity contribution in [2.75, 3.05) is 45.6 Å². The molecule has 0 radical (unpaired) electrons. The first-order valence-electron chi connectivity index (χ1n) is 17.1. The summed E-state index contributed by atoms with van der Waals surface area (Å²) >= 11 is 0. The van der Waals surface area contributed by atoms with Gasteiger partial charge in [-0.05, 0) is 75.3 Å². The lowest BCUT2D eigenvalue weighted by atomic mass is 9.79. The van der Waals surface area contributed by atoms with Crippen LogP contribution in [0.5, 0.6) is 0 Å². The minimum absolute atomic E-state index is 0.0551. The van der Waals surface area contributed by atoms with Gasteiger partial charge in [0.05, 0.1) is 11.7 Å². The minimum atomic E-state index is -0.645. The van der Waals surface area contributed by atoms with Crippen molar-refractivity contribution in [2.24, 2.45) is 11.8 Å². The summed E-state index contributed by atoms with van der Waals surface area (Å²) in [7, 11) is 3.71. The average Bonchev–Trinajstić information content (AvgIpc) is 3.74. The Morgan fingerprint density at radius 1 is 1.04 bits per heavy atom. The number of amides is 3. The van der Waals surface area contributed by atoms with E-state index in [1.54, 1.807) is 37.0 Å². The van der Waals surface area contributed by atoms with Crippen molar-refractivity contribution in [1.82, 2.24) is 30.2 Å². The number of piperazine rings is 1. The normalized spacial score (nSPS) is 21.8. The predicted molar refractivity (Wildman–Crippen MR) is 179 cm³/mol. The zero-order valence-corrected chi connectivity index (χ0v) is 28.6. The lowest BCUT2D eigenvalue weighted by molar-refractivity contribution is -0.138. The lowest BCUT2D eigenvalue weighted by Gasteiger charge is -2.37. The molecule has 11 nitrogen and oxygen atoms in total. The van der Waals surface area contributed by atoms with Crippen molar-refractivity contribution >= 4 is 29.7 Å². The molecule has 258 valence electrons. The van der Waals surface area contributed by atoms with Crippen LogP contribution in [-0.4, -0.2) is 95.9 Å². The summed E-state index contributed by atoms with van der Waals surface area (Å²) in [6.45, 7) is 9.52. The van der Waals surface area contributed by atoms with E-state index in [2.05, 4.69) is 32.9 Å². The average molecular weight is 654 g/mol. The number of anilines is 1. The molecular weight excluding hydrogens is 601 g/mol. The van der Waals surface area contributed by atoms with Crippen molar-refractivity contribution in [2.45, 2.75) is 89.8 Å². The van der Waals surface area contributed by atoms with Gasteiger partial charge in [-0.3, -0.25) is 19.1 Å². The number of hydrogen-bond donors (Lipinski definition) is 3. The van der Waals surface area contributed by atoms with E-state index in [9.17, 15) is 23.6 Å². The largest absolute Gasteiger partial charge is 0.386 e. The van der Waals surface area contributed by atoms with Crippen LogP contribution in [0.2, 0.25) is 0 Å².